The zero-order valence-corrected chi connectivity index (χ0v) is 49.2. The van der Waals surface area contributed by atoms with E-state index in [0.717, 1.165) is 48.5 Å². The third-order valence-corrected chi connectivity index (χ3v) is 38.2. The second-order valence-electron chi connectivity index (χ2n) is 15.2. The molecule has 0 saturated carbocycles. The Morgan fingerprint density at radius 3 is 0.487 bits per heavy atom. The monoisotopic (exact) mass is 1620 g/mol. The Balaban J connectivity index is 1.32. The van der Waals surface area contributed by atoms with Crippen molar-refractivity contribution < 1.29 is 96.4 Å². The number of halogens is 16. The van der Waals surface area contributed by atoms with Crippen molar-refractivity contribution >= 4 is 121 Å². The Morgan fingerprint density at radius 2 is 0.368 bits per heavy atom. The van der Waals surface area contributed by atoms with Gasteiger partial charge in [0.05, 0.1) is 0 Å². The molecule has 6 aromatic rings. The summed E-state index contributed by atoms with van der Waals surface area (Å²) in [6.07, 6.45) is 0.729. The third-order valence-electron chi connectivity index (χ3n) is 9.97. The molecule has 12 nitrogen and oxygen atoms in total. The zero-order valence-electron chi connectivity index (χ0n) is 37.3. The molecule has 10 aliphatic heterocycles. The van der Waals surface area contributed by atoms with Crippen molar-refractivity contribution in [2.45, 2.75) is 47.7 Å². The van der Waals surface area contributed by atoms with E-state index in [2.05, 4.69) is 0 Å². The summed E-state index contributed by atoms with van der Waals surface area (Å²) in [5, 5.41) is 0. The fourth-order valence-electron chi connectivity index (χ4n) is 6.23. The van der Waals surface area contributed by atoms with Crippen LogP contribution in [0.2, 0.25) is 0 Å². The van der Waals surface area contributed by atoms with E-state index in [1.165, 1.54) is 97.1 Å². The fourth-order valence-corrected chi connectivity index (χ4v) is 31.8. The van der Waals surface area contributed by atoms with Crippen LogP contribution in [0.25, 0.3) is 0 Å². The number of hydrogen-bond donors (Lipinski definition) is 0. The first-order valence-electron chi connectivity index (χ1n) is 20.6. The first-order chi connectivity index (χ1) is 35.1. The SMILES string of the molecule is O=S(=O)(OI1c2ccc(cc2)CCc2ccc(cc2)I(OS(=O)(=O)C(F)(F)F)c2ccc(cc2)I(OS(=O)(=O)C(F)(F)F)c2ccc(cc2)CCc2ccc(cc2)I(OS(=O)(=O)C(F)(F)F)c2ccc1cc2)C(F)(F)F. The Bertz CT molecular complexity index is 3020. The van der Waals surface area contributed by atoms with Gasteiger partial charge in [0, 0.05) is 0 Å². The molecule has 0 unspecified atom stereocenters. The van der Waals surface area contributed by atoms with Crippen molar-refractivity contribution in [3.8, 4) is 0 Å². The molecule has 32 heteroatoms. The molecule has 10 heterocycles. The molecule has 0 atom stereocenters. The van der Waals surface area contributed by atoms with Crippen molar-refractivity contribution in [3.05, 3.63) is 196 Å². The van der Waals surface area contributed by atoms with Crippen LogP contribution in [0.1, 0.15) is 22.3 Å². The normalized spacial score (nSPS) is 16.8. The van der Waals surface area contributed by atoms with Crippen LogP contribution < -0.4 is 0 Å². The molecule has 0 radical (unpaired) electrons. The third kappa shape index (κ3) is 14.5. The predicted octanol–water partition coefficient (Wildman–Crippen LogP) is 12.9. The summed E-state index contributed by atoms with van der Waals surface area (Å²) in [5.41, 5.74) is -21.4. The fraction of sp³-hybridized carbons (Fsp3) is 0.182. The molecule has 12 bridgehead atoms. The van der Waals surface area contributed by atoms with E-state index in [1.807, 2.05) is 0 Å². The summed E-state index contributed by atoms with van der Waals surface area (Å²) in [6, 6.07) is 30.7. The average molecular weight is 1620 g/mol. The van der Waals surface area contributed by atoms with Crippen LogP contribution in [-0.2, 0) is 76.2 Å². The van der Waals surface area contributed by atoms with Crippen molar-refractivity contribution in [3.63, 3.8) is 0 Å². The Kier molecular flexibility index (Phi) is 18.6. The molecule has 0 saturated heterocycles. The summed E-state index contributed by atoms with van der Waals surface area (Å²) >= 11 is -16.6. The van der Waals surface area contributed by atoms with E-state index in [0.29, 0.717) is 22.3 Å². The van der Waals surface area contributed by atoms with Gasteiger partial charge in [-0.3, -0.25) is 0 Å². The van der Waals surface area contributed by atoms with Gasteiger partial charge in [-0.05, 0) is 0 Å². The molecule has 6 aromatic carbocycles. The molecule has 16 rings (SSSR count). The number of aryl methyl sites for hydroxylation is 4. The van der Waals surface area contributed by atoms with Gasteiger partial charge in [0.25, 0.3) is 0 Å². The van der Waals surface area contributed by atoms with Gasteiger partial charge in [0.2, 0.25) is 0 Å². The van der Waals surface area contributed by atoms with Gasteiger partial charge in [0.1, 0.15) is 0 Å². The zero-order chi connectivity index (χ0) is 55.9. The molecular formula is C44H32F12I4O12S4. The van der Waals surface area contributed by atoms with E-state index in [1.54, 1.807) is 0 Å². The molecule has 0 fully saturated rings. The van der Waals surface area contributed by atoms with Crippen LogP contribution >= 0.6 is 80.9 Å². The molecule has 416 valence electrons. The summed E-state index contributed by atoms with van der Waals surface area (Å²) in [5.74, 6) is 0. The molecule has 0 spiro atoms. The number of rotatable bonds is 8. The number of benzene rings is 6. The second-order valence-corrected chi connectivity index (χ2v) is 41.2. The summed E-state index contributed by atoms with van der Waals surface area (Å²) in [7, 11) is -25.0. The van der Waals surface area contributed by atoms with Crippen LogP contribution in [0.4, 0.5) is 52.7 Å². The quantitative estimate of drug-likeness (QED) is 0.0803. The minimum atomic E-state index is -6.25. The van der Waals surface area contributed by atoms with Crippen molar-refractivity contribution in [2.75, 3.05) is 0 Å². The first kappa shape index (κ1) is 60.7. The van der Waals surface area contributed by atoms with Gasteiger partial charge in [-0.25, -0.2) is 0 Å². The topological polar surface area (TPSA) is 173 Å². The van der Waals surface area contributed by atoms with E-state index >= 15 is 0 Å². The van der Waals surface area contributed by atoms with Crippen molar-refractivity contribution in [2.24, 2.45) is 0 Å². The molecular weight excluding hydrogens is 1580 g/mol. The molecule has 10 aliphatic rings. The van der Waals surface area contributed by atoms with Gasteiger partial charge in [0.15, 0.2) is 0 Å². The molecule has 0 N–H and O–H groups in total. The molecule has 76 heavy (non-hydrogen) atoms. The van der Waals surface area contributed by atoms with Gasteiger partial charge >= 0.3 is 462 Å². The van der Waals surface area contributed by atoms with E-state index in [9.17, 15) is 86.4 Å². The predicted molar refractivity (Wildman–Crippen MR) is 283 cm³/mol. The van der Waals surface area contributed by atoms with Gasteiger partial charge < -0.3 is 0 Å². The van der Waals surface area contributed by atoms with Crippen LogP contribution in [-0.4, -0.2) is 55.7 Å². The van der Waals surface area contributed by atoms with Crippen molar-refractivity contribution in [1.82, 2.24) is 0 Å². The summed E-state index contributed by atoms with van der Waals surface area (Å²) < 4.78 is 283. The Morgan fingerprint density at radius 1 is 0.250 bits per heavy atom. The maximum absolute atomic E-state index is 13.7. The van der Waals surface area contributed by atoms with Gasteiger partial charge in [-0.2, -0.15) is 0 Å². The first-order valence-corrected chi connectivity index (χ1v) is 38.3. The minimum absolute atomic E-state index is 0.00262. The number of hydrogen-bond acceptors (Lipinski definition) is 12. The Hall–Kier alpha value is -2.96. The Labute approximate surface area is 457 Å². The van der Waals surface area contributed by atoms with E-state index < -0.39 is 143 Å². The maximum atomic E-state index is 13.7. The van der Waals surface area contributed by atoms with E-state index in [-0.39, 0.29) is 54.2 Å². The second kappa shape index (κ2) is 23.3. The number of alkyl halides is 12. The van der Waals surface area contributed by atoms with Crippen LogP contribution in [0.3, 0.4) is 0 Å². The average Bonchev–Trinajstić information content (AvgIpc) is 3.34. The molecule has 0 aliphatic carbocycles. The standard InChI is InChI=1S/C44H32F12I4O12S4/c45-41(46,47)73(61,62)69-57-33-13-5-29(6-14-33)1-2-30-7-15-34(16-8-30)58(70-74(63,64)42(48,49)50)38-25-27-40(28-26-38)60(72-76(67,68)44(54,55)56)36-19-11-32(12-20-36)4-3-31-9-17-35(18-10-31)59(39-23-21-37(57)22-24-39)71-75(65,66)43(51,52)53/h5-28H,1-4H2. The van der Waals surface area contributed by atoms with Gasteiger partial charge in [-0.15, -0.1) is 0 Å². The van der Waals surface area contributed by atoms with Gasteiger partial charge in [-0.1, -0.05) is 0 Å². The van der Waals surface area contributed by atoms with Crippen LogP contribution in [0.5, 0.6) is 0 Å². The van der Waals surface area contributed by atoms with Crippen LogP contribution in [0.15, 0.2) is 146 Å². The summed E-state index contributed by atoms with van der Waals surface area (Å²) in [4.78, 5) is 0. The molecule has 0 amide bonds. The summed E-state index contributed by atoms with van der Waals surface area (Å²) in [6.45, 7) is 0. The van der Waals surface area contributed by atoms with E-state index in [4.69, 9.17) is 10.1 Å². The molecule has 0 aromatic heterocycles. The van der Waals surface area contributed by atoms with Crippen LogP contribution in [0, 0.1) is 28.6 Å². The van der Waals surface area contributed by atoms with Crippen molar-refractivity contribution in [1.29, 1.82) is 0 Å².